The molecule has 18 heavy (non-hydrogen) atoms. The van der Waals surface area contributed by atoms with Crippen molar-refractivity contribution in [2.45, 2.75) is 6.04 Å². The number of pyridine rings is 1. The monoisotopic (exact) mass is 312 g/mol. The highest BCUT2D eigenvalue weighted by molar-refractivity contribution is 9.10. The van der Waals surface area contributed by atoms with E-state index in [2.05, 4.69) is 26.2 Å². The fourth-order valence-electron chi connectivity index (χ4n) is 1.85. The first-order chi connectivity index (χ1) is 8.60. The number of nitrogens with one attached hydrogen (secondary N) is 1. The van der Waals surface area contributed by atoms with Gasteiger partial charge in [0.05, 0.1) is 6.04 Å². The average Bonchev–Trinajstić information content (AvgIpc) is 2.28. The van der Waals surface area contributed by atoms with Gasteiger partial charge in [0.25, 0.3) is 0 Å². The number of aromatic nitrogens is 1. The first-order valence-corrected chi connectivity index (χ1v) is 6.13. The van der Waals surface area contributed by atoms with Crippen molar-refractivity contribution in [1.29, 1.82) is 0 Å². The van der Waals surface area contributed by atoms with Gasteiger partial charge in [-0.1, -0.05) is 0 Å². The molecule has 1 unspecified atom stereocenters. The van der Waals surface area contributed by atoms with Gasteiger partial charge in [0.2, 0.25) is 0 Å². The molecule has 0 saturated carbocycles. The lowest BCUT2D eigenvalue weighted by Crippen LogP contribution is -2.18. The molecule has 2 aromatic rings. The lowest BCUT2D eigenvalue weighted by atomic mass is 10.0. The molecule has 5 heteroatoms. The fourth-order valence-corrected chi connectivity index (χ4v) is 2.24. The molecule has 1 aromatic heterocycles. The Morgan fingerprint density at radius 2 is 1.72 bits per heavy atom. The predicted molar refractivity (Wildman–Crippen MR) is 69.2 cm³/mol. The van der Waals surface area contributed by atoms with Crippen LogP contribution < -0.4 is 5.32 Å². The molecule has 0 amide bonds. The van der Waals surface area contributed by atoms with Crippen molar-refractivity contribution in [3.63, 3.8) is 0 Å². The van der Waals surface area contributed by atoms with Gasteiger partial charge in [-0.05, 0) is 52.3 Å². The Kier molecular flexibility index (Phi) is 4.04. The number of halogens is 3. The number of hydrogen-bond acceptors (Lipinski definition) is 2. The van der Waals surface area contributed by atoms with Crippen LogP contribution in [0.15, 0.2) is 41.1 Å². The molecule has 94 valence electrons. The maximum Gasteiger partial charge on any atom is 0.126 e. The van der Waals surface area contributed by atoms with Crippen LogP contribution in [0.25, 0.3) is 0 Å². The molecule has 0 aliphatic carbocycles. The molecule has 1 atom stereocenters. The zero-order valence-electron chi connectivity index (χ0n) is 9.62. The Labute approximate surface area is 112 Å². The molecule has 1 heterocycles. The van der Waals surface area contributed by atoms with E-state index in [0.717, 1.165) is 16.1 Å². The van der Waals surface area contributed by atoms with Crippen LogP contribution >= 0.6 is 15.9 Å². The zero-order chi connectivity index (χ0) is 13.1. The molecular weight excluding hydrogens is 302 g/mol. The van der Waals surface area contributed by atoms with Gasteiger partial charge < -0.3 is 5.32 Å². The Hall–Kier alpha value is -1.33. The molecule has 0 spiro atoms. The van der Waals surface area contributed by atoms with Gasteiger partial charge in [-0.3, -0.25) is 4.98 Å². The molecule has 0 fully saturated rings. The average molecular weight is 313 g/mol. The van der Waals surface area contributed by atoms with Crippen LogP contribution in [0, 0.1) is 11.6 Å². The van der Waals surface area contributed by atoms with Gasteiger partial charge in [-0.15, -0.1) is 0 Å². The summed E-state index contributed by atoms with van der Waals surface area (Å²) in [4.78, 5) is 4.05. The van der Waals surface area contributed by atoms with Crippen LogP contribution in [0.2, 0.25) is 0 Å². The molecule has 0 radical (unpaired) electrons. The first kappa shape index (κ1) is 13.1. The van der Waals surface area contributed by atoms with Gasteiger partial charge in [-0.2, -0.15) is 0 Å². The lowest BCUT2D eigenvalue weighted by molar-refractivity contribution is 0.571. The Morgan fingerprint density at radius 3 is 2.28 bits per heavy atom. The van der Waals surface area contributed by atoms with Gasteiger partial charge >= 0.3 is 0 Å². The third-order valence-electron chi connectivity index (χ3n) is 2.57. The van der Waals surface area contributed by atoms with Crippen LogP contribution in [0.3, 0.4) is 0 Å². The SMILES string of the molecule is CNC(c1cc(F)cc(F)c1)c1cncc(Br)c1. The van der Waals surface area contributed by atoms with E-state index < -0.39 is 11.6 Å². The largest absolute Gasteiger partial charge is 0.309 e. The highest BCUT2D eigenvalue weighted by Crippen LogP contribution is 2.24. The summed E-state index contributed by atoms with van der Waals surface area (Å²) in [5.74, 6) is -1.18. The van der Waals surface area contributed by atoms with Crippen molar-refractivity contribution < 1.29 is 8.78 Å². The summed E-state index contributed by atoms with van der Waals surface area (Å²) < 4.78 is 27.3. The Balaban J connectivity index is 2.45. The van der Waals surface area contributed by atoms with Gasteiger partial charge in [0.1, 0.15) is 11.6 Å². The number of benzene rings is 1. The van der Waals surface area contributed by atoms with E-state index in [-0.39, 0.29) is 6.04 Å². The van der Waals surface area contributed by atoms with Crippen LogP contribution in [-0.2, 0) is 0 Å². The summed E-state index contributed by atoms with van der Waals surface area (Å²) in [5, 5.41) is 3.02. The summed E-state index contributed by atoms with van der Waals surface area (Å²) in [6, 6.07) is 5.03. The molecule has 0 bridgehead atoms. The summed E-state index contributed by atoms with van der Waals surface area (Å²) in [7, 11) is 1.73. The standard InChI is InChI=1S/C13H11BrF2N2/c1-17-13(9-2-10(14)7-18-6-9)8-3-11(15)5-12(16)4-8/h2-7,13,17H,1H3. The van der Waals surface area contributed by atoms with Crippen molar-refractivity contribution in [3.05, 3.63) is 63.9 Å². The second-order valence-corrected chi connectivity index (χ2v) is 4.78. The minimum atomic E-state index is -0.590. The summed E-state index contributed by atoms with van der Waals surface area (Å²) >= 11 is 3.32. The highest BCUT2D eigenvalue weighted by atomic mass is 79.9. The fraction of sp³-hybridized carbons (Fsp3) is 0.154. The summed E-state index contributed by atoms with van der Waals surface area (Å²) in [5.41, 5.74) is 1.35. The Morgan fingerprint density at radius 1 is 1.06 bits per heavy atom. The third-order valence-corrected chi connectivity index (χ3v) is 3.00. The molecule has 0 aliphatic heterocycles. The molecule has 2 nitrogen and oxygen atoms in total. The number of nitrogens with zero attached hydrogens (tertiary/aromatic N) is 1. The van der Waals surface area contributed by atoms with Crippen LogP contribution in [0.1, 0.15) is 17.2 Å². The zero-order valence-corrected chi connectivity index (χ0v) is 11.2. The predicted octanol–water partition coefficient (Wildman–Crippen LogP) is 3.43. The normalized spacial score (nSPS) is 12.4. The topological polar surface area (TPSA) is 24.9 Å². The second kappa shape index (κ2) is 5.54. The molecule has 1 aromatic carbocycles. The second-order valence-electron chi connectivity index (χ2n) is 3.86. The quantitative estimate of drug-likeness (QED) is 0.939. The maximum atomic E-state index is 13.2. The molecule has 1 N–H and O–H groups in total. The van der Waals surface area contributed by atoms with Gasteiger partial charge in [0, 0.05) is 22.9 Å². The van der Waals surface area contributed by atoms with E-state index >= 15 is 0 Å². The van der Waals surface area contributed by atoms with E-state index in [1.807, 2.05) is 6.07 Å². The van der Waals surface area contributed by atoms with E-state index in [0.29, 0.717) is 5.56 Å². The molecular formula is C13H11BrF2N2. The van der Waals surface area contributed by atoms with Crippen molar-refractivity contribution >= 4 is 15.9 Å². The van der Waals surface area contributed by atoms with E-state index in [1.54, 1.807) is 19.4 Å². The lowest BCUT2D eigenvalue weighted by Gasteiger charge is -2.17. The van der Waals surface area contributed by atoms with Crippen LogP contribution in [0.5, 0.6) is 0 Å². The number of rotatable bonds is 3. The van der Waals surface area contributed by atoms with Crippen molar-refractivity contribution in [1.82, 2.24) is 10.3 Å². The summed E-state index contributed by atoms with van der Waals surface area (Å²) in [6.07, 6.45) is 3.32. The molecule has 0 saturated heterocycles. The van der Waals surface area contributed by atoms with Crippen LogP contribution in [0.4, 0.5) is 8.78 Å². The first-order valence-electron chi connectivity index (χ1n) is 5.34. The molecule has 0 aliphatic rings. The molecule has 2 rings (SSSR count). The number of hydrogen-bond donors (Lipinski definition) is 1. The van der Waals surface area contributed by atoms with Crippen molar-refractivity contribution in [3.8, 4) is 0 Å². The Bertz CT molecular complexity index is 540. The van der Waals surface area contributed by atoms with E-state index in [1.165, 1.54) is 12.1 Å². The van der Waals surface area contributed by atoms with E-state index in [4.69, 9.17) is 0 Å². The minimum absolute atomic E-state index is 0.305. The van der Waals surface area contributed by atoms with Gasteiger partial charge in [-0.25, -0.2) is 8.78 Å². The van der Waals surface area contributed by atoms with Crippen molar-refractivity contribution in [2.75, 3.05) is 7.05 Å². The highest BCUT2D eigenvalue weighted by Gasteiger charge is 2.14. The van der Waals surface area contributed by atoms with Gasteiger partial charge in [0.15, 0.2) is 0 Å². The maximum absolute atomic E-state index is 13.2. The van der Waals surface area contributed by atoms with E-state index in [9.17, 15) is 8.78 Å². The third kappa shape index (κ3) is 2.91. The smallest absolute Gasteiger partial charge is 0.126 e. The summed E-state index contributed by atoms with van der Waals surface area (Å²) in [6.45, 7) is 0. The van der Waals surface area contributed by atoms with Crippen molar-refractivity contribution in [2.24, 2.45) is 0 Å². The minimum Gasteiger partial charge on any atom is -0.309 e. The van der Waals surface area contributed by atoms with Crippen LogP contribution in [-0.4, -0.2) is 12.0 Å².